The fraction of sp³-hybridized carbons (Fsp3) is 0.0500. The molecule has 0 unspecified atom stereocenters. The number of benzene rings is 5. The van der Waals surface area contributed by atoms with Gasteiger partial charge in [0.2, 0.25) is 0 Å². The second kappa shape index (κ2) is 14.1. The van der Waals surface area contributed by atoms with Crippen LogP contribution >= 0.6 is 0 Å². The Balaban J connectivity index is 1.15. The highest BCUT2D eigenvalue weighted by Crippen LogP contribution is 2.31. The van der Waals surface area contributed by atoms with Crippen molar-refractivity contribution in [3.8, 4) is 34.1 Å². The van der Waals surface area contributed by atoms with Crippen LogP contribution in [-0.2, 0) is 10.1 Å². The van der Waals surface area contributed by atoms with Gasteiger partial charge in [-0.2, -0.15) is 8.42 Å². The average molecular weight is 684 g/mol. The van der Waals surface area contributed by atoms with Crippen LogP contribution in [0.5, 0.6) is 23.0 Å². The molecular formula is C40H29NO8S. The molecule has 50 heavy (non-hydrogen) atoms. The third-order valence-corrected chi connectivity index (χ3v) is 8.62. The van der Waals surface area contributed by atoms with Crippen molar-refractivity contribution in [1.82, 2.24) is 4.98 Å². The van der Waals surface area contributed by atoms with Crippen LogP contribution in [0.25, 0.3) is 11.1 Å². The minimum absolute atomic E-state index is 0.00420. The monoisotopic (exact) mass is 683 g/mol. The molecule has 0 atom stereocenters. The minimum atomic E-state index is -4.54. The number of carbonyl (C=O) groups is 3. The summed E-state index contributed by atoms with van der Waals surface area (Å²) in [6, 6.07) is 34.0. The van der Waals surface area contributed by atoms with Crippen molar-refractivity contribution in [2.45, 2.75) is 18.7 Å². The predicted molar refractivity (Wildman–Crippen MR) is 187 cm³/mol. The number of ether oxygens (including phenoxy) is 2. The third-order valence-electron chi connectivity index (χ3n) is 7.81. The first-order valence-corrected chi connectivity index (χ1v) is 16.8. The third kappa shape index (κ3) is 7.73. The molecule has 0 saturated carbocycles. The number of Topliss-reactive ketones (excluding diaryl/α,β-unsaturated/α-hetero) is 1. The number of aromatic nitrogens is 1. The topological polar surface area (TPSA) is 137 Å². The Labute approximate surface area is 288 Å². The molecular weight excluding hydrogens is 655 g/mol. The lowest BCUT2D eigenvalue weighted by Gasteiger charge is -2.12. The van der Waals surface area contributed by atoms with Crippen LogP contribution < -0.4 is 9.47 Å². The van der Waals surface area contributed by atoms with Crippen molar-refractivity contribution >= 4 is 27.5 Å². The zero-order valence-corrected chi connectivity index (χ0v) is 27.7. The van der Waals surface area contributed by atoms with Gasteiger partial charge in [-0.05, 0) is 97.8 Å². The summed E-state index contributed by atoms with van der Waals surface area (Å²) in [5.41, 5.74) is 3.88. The molecule has 9 nitrogen and oxygen atoms in total. The first-order valence-electron chi connectivity index (χ1n) is 15.3. The summed E-state index contributed by atoms with van der Waals surface area (Å²) in [5.74, 6) is 1.50. The average Bonchev–Trinajstić information content (AvgIpc) is 3.11. The van der Waals surface area contributed by atoms with E-state index >= 15 is 0 Å². The maximum absolute atomic E-state index is 13.5. The van der Waals surface area contributed by atoms with Crippen molar-refractivity contribution in [1.29, 1.82) is 0 Å². The molecule has 5 aromatic carbocycles. The van der Waals surface area contributed by atoms with E-state index in [9.17, 15) is 27.4 Å². The van der Waals surface area contributed by atoms with Crippen molar-refractivity contribution in [2.24, 2.45) is 0 Å². The van der Waals surface area contributed by atoms with Crippen LogP contribution in [0.15, 0.2) is 139 Å². The Morgan fingerprint density at radius 3 is 1.72 bits per heavy atom. The van der Waals surface area contributed by atoms with E-state index < -0.39 is 20.8 Å². The molecule has 0 bridgehead atoms. The number of rotatable bonds is 11. The van der Waals surface area contributed by atoms with E-state index in [0.717, 1.165) is 17.8 Å². The summed E-state index contributed by atoms with van der Waals surface area (Å²) in [6.45, 7) is 3.34. The fourth-order valence-electron chi connectivity index (χ4n) is 5.21. The summed E-state index contributed by atoms with van der Waals surface area (Å²) < 4.78 is 44.5. The smallest absolute Gasteiger partial charge is 0.296 e. The molecule has 0 radical (unpaired) electrons. The van der Waals surface area contributed by atoms with Crippen LogP contribution in [0.4, 0.5) is 0 Å². The van der Waals surface area contributed by atoms with Crippen LogP contribution in [-0.4, -0.2) is 35.3 Å². The van der Waals surface area contributed by atoms with E-state index in [-0.39, 0.29) is 17.1 Å². The normalized spacial score (nSPS) is 11.1. The van der Waals surface area contributed by atoms with Crippen LogP contribution in [0, 0.1) is 6.92 Å². The van der Waals surface area contributed by atoms with Crippen molar-refractivity contribution in [3.05, 3.63) is 167 Å². The van der Waals surface area contributed by atoms with Gasteiger partial charge >= 0.3 is 0 Å². The lowest BCUT2D eigenvalue weighted by Crippen LogP contribution is -2.07. The van der Waals surface area contributed by atoms with Gasteiger partial charge in [-0.1, -0.05) is 48.0 Å². The number of hydrogen-bond acceptors (Lipinski definition) is 8. The van der Waals surface area contributed by atoms with Crippen molar-refractivity contribution < 1.29 is 36.8 Å². The zero-order chi connectivity index (χ0) is 35.4. The maximum Gasteiger partial charge on any atom is 0.296 e. The summed E-state index contributed by atoms with van der Waals surface area (Å²) in [6.07, 6.45) is 2.21. The molecule has 0 saturated heterocycles. The molecule has 0 amide bonds. The van der Waals surface area contributed by atoms with Crippen LogP contribution in [0.2, 0.25) is 0 Å². The van der Waals surface area contributed by atoms with E-state index in [0.29, 0.717) is 56.4 Å². The molecule has 0 spiro atoms. The minimum Gasteiger partial charge on any atom is -0.457 e. The molecule has 0 fully saturated rings. The van der Waals surface area contributed by atoms with Gasteiger partial charge in [0.25, 0.3) is 10.1 Å². The highest BCUT2D eigenvalue weighted by Gasteiger charge is 2.19. The van der Waals surface area contributed by atoms with Gasteiger partial charge in [0.1, 0.15) is 27.9 Å². The quantitative estimate of drug-likeness (QED) is 0.105. The highest BCUT2D eigenvalue weighted by atomic mass is 32.2. The van der Waals surface area contributed by atoms with Crippen molar-refractivity contribution in [3.63, 3.8) is 0 Å². The summed E-state index contributed by atoms with van der Waals surface area (Å²) >= 11 is 0. The number of hydrogen-bond donors (Lipinski definition) is 1. The molecule has 6 aromatic rings. The molecule has 1 aromatic heterocycles. The largest absolute Gasteiger partial charge is 0.457 e. The molecule has 1 N–H and O–H groups in total. The number of ketones is 3. The Morgan fingerprint density at radius 1 is 0.600 bits per heavy atom. The Bertz CT molecular complexity index is 2350. The highest BCUT2D eigenvalue weighted by molar-refractivity contribution is 7.85. The summed E-state index contributed by atoms with van der Waals surface area (Å²) in [7, 11) is -4.54. The lowest BCUT2D eigenvalue weighted by molar-refractivity contribution is 0.101. The number of pyridine rings is 1. The number of nitrogens with zero attached hydrogens (tertiary/aromatic N) is 1. The summed E-state index contributed by atoms with van der Waals surface area (Å²) in [4.78, 5) is 41.7. The van der Waals surface area contributed by atoms with E-state index in [4.69, 9.17) is 9.47 Å². The molecule has 0 aliphatic carbocycles. The number of aryl methyl sites for hydroxylation is 1. The Morgan fingerprint density at radius 2 is 1.16 bits per heavy atom. The molecule has 10 heteroatoms. The summed E-state index contributed by atoms with van der Waals surface area (Å²) in [5, 5.41) is 0. The first-order chi connectivity index (χ1) is 23.9. The lowest BCUT2D eigenvalue weighted by atomic mass is 9.92. The van der Waals surface area contributed by atoms with Gasteiger partial charge in [0.05, 0.1) is 0 Å². The van der Waals surface area contributed by atoms with Gasteiger partial charge in [0.15, 0.2) is 17.3 Å². The molecule has 248 valence electrons. The second-order valence-corrected chi connectivity index (χ2v) is 12.9. The zero-order valence-electron chi connectivity index (χ0n) is 26.9. The van der Waals surface area contributed by atoms with E-state index in [1.165, 1.54) is 13.1 Å². The van der Waals surface area contributed by atoms with E-state index in [1.807, 2.05) is 13.0 Å². The van der Waals surface area contributed by atoms with Gasteiger partial charge in [-0.3, -0.25) is 23.9 Å². The van der Waals surface area contributed by atoms with Crippen LogP contribution in [0.3, 0.4) is 0 Å². The number of carbonyl (C=O) groups excluding carboxylic acids is 3. The standard InChI is InChI=1S/C40H29NO8S/c1-25-6-19-37(38(20-25)40(44)31-21-36(24-41-23-31)50(45,46)47)28-7-9-29(10-8-28)39(43)30-13-17-33(18-14-30)49-35-5-3-4-34(22-35)48-32-15-11-27(12-16-32)26(2)42/h3-24H,1-2H3,(H,45,46,47). The fourth-order valence-corrected chi connectivity index (χ4v) is 5.68. The first kappa shape index (κ1) is 33.7. The molecule has 0 aliphatic rings. The van der Waals surface area contributed by atoms with Gasteiger partial charge in [0, 0.05) is 46.3 Å². The SMILES string of the molecule is CC(=O)c1ccc(Oc2cccc(Oc3ccc(C(=O)c4ccc(-c5ccc(C)cc5C(=O)c5cncc(S(=O)(=O)O)c5)cc4)cc3)c2)cc1. The predicted octanol–water partition coefficient (Wildman–Crippen LogP) is 8.55. The van der Waals surface area contributed by atoms with Gasteiger partial charge < -0.3 is 9.47 Å². The molecule has 1 heterocycles. The molecule has 0 aliphatic heterocycles. The van der Waals surface area contributed by atoms with E-state index in [2.05, 4.69) is 4.98 Å². The van der Waals surface area contributed by atoms with E-state index in [1.54, 1.807) is 109 Å². The van der Waals surface area contributed by atoms with Crippen molar-refractivity contribution in [2.75, 3.05) is 0 Å². The molecule has 6 rings (SSSR count). The Kier molecular flexibility index (Phi) is 9.49. The maximum atomic E-state index is 13.5. The van der Waals surface area contributed by atoms with Gasteiger partial charge in [-0.15, -0.1) is 0 Å². The second-order valence-electron chi connectivity index (χ2n) is 11.5. The Hall–Kier alpha value is -6.23. The van der Waals surface area contributed by atoms with Gasteiger partial charge in [-0.25, -0.2) is 0 Å². The van der Waals surface area contributed by atoms with Crippen LogP contribution in [0.1, 0.15) is 54.7 Å².